The molecule has 1 aromatic heterocycles. The summed E-state index contributed by atoms with van der Waals surface area (Å²) < 4.78 is 7.32. The van der Waals surface area contributed by atoms with Crippen molar-refractivity contribution in [3.05, 3.63) is 42.2 Å². The first kappa shape index (κ1) is 14.1. The maximum Gasteiger partial charge on any atom is 0.122 e. The molecule has 1 fully saturated rings. The highest BCUT2D eigenvalue weighted by molar-refractivity contribution is 5.37. The van der Waals surface area contributed by atoms with Crippen molar-refractivity contribution in [3.63, 3.8) is 0 Å². The van der Waals surface area contributed by atoms with E-state index in [0.717, 1.165) is 25.3 Å². The number of hydrogen-bond acceptors (Lipinski definition) is 4. The molecule has 0 radical (unpaired) electrons. The average Bonchev–Trinajstić information content (AvgIpc) is 2.98. The van der Waals surface area contributed by atoms with Crippen molar-refractivity contribution in [3.8, 4) is 5.75 Å². The lowest BCUT2D eigenvalue weighted by molar-refractivity contribution is 0.281. The molecule has 0 bridgehead atoms. The first-order chi connectivity index (χ1) is 10.4. The number of benzene rings is 1. The van der Waals surface area contributed by atoms with Gasteiger partial charge in [-0.2, -0.15) is 0 Å². The first-order valence-corrected chi connectivity index (χ1v) is 7.57. The second kappa shape index (κ2) is 6.72. The minimum Gasteiger partial charge on any atom is -0.496 e. The zero-order chi connectivity index (χ0) is 14.5. The smallest absolute Gasteiger partial charge is 0.122 e. The Morgan fingerprint density at radius 3 is 2.95 bits per heavy atom. The number of aromatic nitrogens is 3. The maximum absolute atomic E-state index is 5.44. The lowest BCUT2D eigenvalue weighted by atomic mass is 9.75. The third kappa shape index (κ3) is 3.42. The van der Waals surface area contributed by atoms with Crippen LogP contribution >= 0.6 is 0 Å². The average molecular weight is 286 g/mol. The molecule has 0 unspecified atom stereocenters. The molecule has 1 heterocycles. The van der Waals surface area contributed by atoms with Crippen LogP contribution in [0.3, 0.4) is 0 Å². The first-order valence-electron chi connectivity index (χ1n) is 7.57. The van der Waals surface area contributed by atoms with Gasteiger partial charge in [-0.3, -0.25) is 4.68 Å². The van der Waals surface area contributed by atoms with Gasteiger partial charge in [-0.05, 0) is 43.4 Å². The third-order valence-corrected chi connectivity index (χ3v) is 4.19. The van der Waals surface area contributed by atoms with Crippen molar-refractivity contribution >= 4 is 0 Å². The number of rotatable bonds is 7. The molecular weight excluding hydrogens is 264 g/mol. The standard InChI is InChI=1S/C16H22N4O/c1-21-16-6-3-2-5-15(16)13-11-14(12-13)17-7-4-9-20-10-8-18-19-20/h2-3,5-6,8,10,13-14,17H,4,7,9,11-12H2,1H3. The molecule has 1 aliphatic carbocycles. The molecule has 1 N–H and O–H groups in total. The highest BCUT2D eigenvalue weighted by Gasteiger charge is 2.31. The van der Waals surface area contributed by atoms with Crippen molar-refractivity contribution in [1.29, 1.82) is 0 Å². The molecule has 0 amide bonds. The van der Waals surface area contributed by atoms with E-state index in [-0.39, 0.29) is 0 Å². The summed E-state index contributed by atoms with van der Waals surface area (Å²) in [6.07, 6.45) is 7.10. The summed E-state index contributed by atoms with van der Waals surface area (Å²) in [5.74, 6) is 1.65. The van der Waals surface area contributed by atoms with Gasteiger partial charge in [0.1, 0.15) is 5.75 Å². The lowest BCUT2D eigenvalue weighted by Crippen LogP contribution is -2.40. The third-order valence-electron chi connectivity index (χ3n) is 4.19. The summed E-state index contributed by atoms with van der Waals surface area (Å²) >= 11 is 0. The van der Waals surface area contributed by atoms with Gasteiger partial charge >= 0.3 is 0 Å². The van der Waals surface area contributed by atoms with Gasteiger partial charge in [0.2, 0.25) is 0 Å². The monoisotopic (exact) mass is 286 g/mol. The predicted octanol–water partition coefficient (Wildman–Crippen LogP) is 2.21. The second-order valence-electron chi connectivity index (χ2n) is 5.58. The van der Waals surface area contributed by atoms with E-state index in [9.17, 15) is 0 Å². The van der Waals surface area contributed by atoms with Gasteiger partial charge in [0, 0.05) is 18.8 Å². The van der Waals surface area contributed by atoms with Gasteiger partial charge in [0.05, 0.1) is 13.3 Å². The predicted molar refractivity (Wildman–Crippen MR) is 81.4 cm³/mol. The molecule has 1 aromatic carbocycles. The molecular formula is C16H22N4O. The number of aryl methyl sites for hydroxylation is 1. The number of para-hydroxylation sites is 1. The Balaban J connectivity index is 1.38. The van der Waals surface area contributed by atoms with E-state index in [1.165, 1.54) is 18.4 Å². The summed E-state index contributed by atoms with van der Waals surface area (Å²) in [6.45, 7) is 1.96. The van der Waals surface area contributed by atoms with Gasteiger partial charge in [0.25, 0.3) is 0 Å². The van der Waals surface area contributed by atoms with Crippen LogP contribution in [0.2, 0.25) is 0 Å². The van der Waals surface area contributed by atoms with Crippen molar-refractivity contribution in [2.75, 3.05) is 13.7 Å². The van der Waals surface area contributed by atoms with Crippen LogP contribution in [0.15, 0.2) is 36.7 Å². The van der Waals surface area contributed by atoms with Crippen LogP contribution in [-0.4, -0.2) is 34.7 Å². The van der Waals surface area contributed by atoms with Gasteiger partial charge in [-0.1, -0.05) is 23.4 Å². The van der Waals surface area contributed by atoms with E-state index in [1.54, 1.807) is 13.3 Å². The van der Waals surface area contributed by atoms with Crippen LogP contribution in [0.25, 0.3) is 0 Å². The number of nitrogens with one attached hydrogen (secondary N) is 1. The summed E-state index contributed by atoms with van der Waals surface area (Å²) in [4.78, 5) is 0. The molecule has 5 heteroatoms. The molecule has 0 saturated heterocycles. The molecule has 0 spiro atoms. The van der Waals surface area contributed by atoms with Gasteiger partial charge in [-0.15, -0.1) is 5.10 Å². The highest BCUT2D eigenvalue weighted by Crippen LogP contribution is 2.40. The Labute approximate surface area is 125 Å². The van der Waals surface area contributed by atoms with Crippen LogP contribution in [0.5, 0.6) is 5.75 Å². The SMILES string of the molecule is COc1ccccc1C1CC(NCCCn2ccnn2)C1. The normalized spacial score (nSPS) is 21.0. The van der Waals surface area contributed by atoms with Crippen molar-refractivity contribution < 1.29 is 4.74 Å². The Morgan fingerprint density at radius 1 is 1.33 bits per heavy atom. The number of methoxy groups -OCH3 is 1. The van der Waals surface area contributed by atoms with Crippen LogP contribution in [0.1, 0.15) is 30.7 Å². The fourth-order valence-electron chi connectivity index (χ4n) is 2.94. The van der Waals surface area contributed by atoms with E-state index >= 15 is 0 Å². The summed E-state index contributed by atoms with van der Waals surface area (Å²) in [6, 6.07) is 8.99. The van der Waals surface area contributed by atoms with E-state index in [4.69, 9.17) is 4.74 Å². The van der Waals surface area contributed by atoms with Crippen molar-refractivity contribution in [2.24, 2.45) is 0 Å². The Morgan fingerprint density at radius 2 is 2.19 bits per heavy atom. The lowest BCUT2D eigenvalue weighted by Gasteiger charge is -2.37. The van der Waals surface area contributed by atoms with Crippen LogP contribution in [-0.2, 0) is 6.54 Å². The molecule has 0 atom stereocenters. The second-order valence-corrected chi connectivity index (χ2v) is 5.58. The molecule has 3 rings (SSSR count). The number of nitrogens with zero attached hydrogens (tertiary/aromatic N) is 3. The fraction of sp³-hybridized carbons (Fsp3) is 0.500. The van der Waals surface area contributed by atoms with Crippen LogP contribution < -0.4 is 10.1 Å². The summed E-state index contributed by atoms with van der Waals surface area (Å²) in [5, 5.41) is 11.4. The zero-order valence-electron chi connectivity index (χ0n) is 12.4. The fourth-order valence-corrected chi connectivity index (χ4v) is 2.94. The van der Waals surface area contributed by atoms with E-state index in [2.05, 4.69) is 27.8 Å². The van der Waals surface area contributed by atoms with Gasteiger partial charge in [-0.25, -0.2) is 0 Å². The molecule has 0 aliphatic heterocycles. The van der Waals surface area contributed by atoms with E-state index in [0.29, 0.717) is 12.0 Å². The summed E-state index contributed by atoms with van der Waals surface area (Å²) in [5.41, 5.74) is 1.35. The molecule has 1 aliphatic rings. The minimum atomic E-state index is 0.633. The molecule has 2 aromatic rings. The molecule has 5 nitrogen and oxygen atoms in total. The highest BCUT2D eigenvalue weighted by atomic mass is 16.5. The Kier molecular flexibility index (Phi) is 4.50. The Bertz CT molecular complexity index is 549. The zero-order valence-corrected chi connectivity index (χ0v) is 12.4. The molecule has 21 heavy (non-hydrogen) atoms. The summed E-state index contributed by atoms with van der Waals surface area (Å²) in [7, 11) is 1.75. The van der Waals surface area contributed by atoms with E-state index < -0.39 is 0 Å². The van der Waals surface area contributed by atoms with Gasteiger partial charge < -0.3 is 10.1 Å². The minimum absolute atomic E-state index is 0.633. The number of hydrogen-bond donors (Lipinski definition) is 1. The topological polar surface area (TPSA) is 52.0 Å². The molecule has 1 saturated carbocycles. The Hall–Kier alpha value is -1.88. The van der Waals surface area contributed by atoms with Gasteiger partial charge in [0.15, 0.2) is 0 Å². The largest absolute Gasteiger partial charge is 0.496 e. The van der Waals surface area contributed by atoms with E-state index in [1.807, 2.05) is 23.0 Å². The van der Waals surface area contributed by atoms with Crippen molar-refractivity contribution in [1.82, 2.24) is 20.3 Å². The maximum atomic E-state index is 5.44. The molecule has 112 valence electrons. The van der Waals surface area contributed by atoms with Crippen LogP contribution in [0, 0.1) is 0 Å². The quantitative estimate of drug-likeness (QED) is 0.793. The van der Waals surface area contributed by atoms with Crippen LogP contribution in [0.4, 0.5) is 0 Å². The van der Waals surface area contributed by atoms with Crippen molar-refractivity contribution in [2.45, 2.75) is 37.8 Å². The number of ether oxygens (including phenoxy) is 1.